The standard InChI is InChI=1S/C27H26N4O8S/c1-16(32)31-27(39-26(29-31)17-13-22(36-3)24(38-5)23(14-17)37-4)21-15-30(25-20(21)7-6-12-28-25)40(33,34)19-10-8-18(35-2)9-11-19/h6-15,27H,1-5H3. The van der Waals surface area contributed by atoms with Crippen molar-refractivity contribution in [1.29, 1.82) is 0 Å². The van der Waals surface area contributed by atoms with Crippen molar-refractivity contribution in [2.24, 2.45) is 5.10 Å². The number of hydrogen-bond donors (Lipinski definition) is 0. The van der Waals surface area contributed by atoms with Gasteiger partial charge in [-0.15, -0.1) is 5.10 Å². The molecule has 12 nitrogen and oxygen atoms in total. The summed E-state index contributed by atoms with van der Waals surface area (Å²) in [6.07, 6.45) is 1.80. The molecule has 4 aromatic rings. The summed E-state index contributed by atoms with van der Waals surface area (Å²) in [5.41, 5.74) is 0.999. The second-order valence-electron chi connectivity index (χ2n) is 8.59. The minimum Gasteiger partial charge on any atom is -0.497 e. The molecule has 0 aliphatic carbocycles. The van der Waals surface area contributed by atoms with E-state index in [1.54, 1.807) is 36.4 Å². The van der Waals surface area contributed by atoms with Crippen LogP contribution in [0.3, 0.4) is 0 Å². The number of benzene rings is 2. The highest BCUT2D eigenvalue weighted by Crippen LogP contribution is 2.41. The van der Waals surface area contributed by atoms with Crippen LogP contribution in [0.4, 0.5) is 0 Å². The molecule has 40 heavy (non-hydrogen) atoms. The molecule has 208 valence electrons. The third-order valence-corrected chi connectivity index (χ3v) is 7.99. The number of carbonyl (C=O) groups is 1. The van der Waals surface area contributed by atoms with Gasteiger partial charge in [-0.1, -0.05) is 0 Å². The second-order valence-corrected chi connectivity index (χ2v) is 10.4. The average molecular weight is 567 g/mol. The quantitative estimate of drug-likeness (QED) is 0.314. The summed E-state index contributed by atoms with van der Waals surface area (Å²) < 4.78 is 56.0. The van der Waals surface area contributed by atoms with Gasteiger partial charge in [0, 0.05) is 35.8 Å². The molecule has 13 heteroatoms. The minimum absolute atomic E-state index is 0.0347. The molecule has 1 atom stereocenters. The van der Waals surface area contributed by atoms with Crippen molar-refractivity contribution in [1.82, 2.24) is 14.0 Å². The number of hydrazone groups is 1. The molecule has 0 saturated heterocycles. The highest BCUT2D eigenvalue weighted by atomic mass is 32.2. The predicted octanol–water partition coefficient (Wildman–Crippen LogP) is 3.55. The maximum atomic E-state index is 13.7. The SMILES string of the molecule is COc1ccc(S(=O)(=O)n2cc(C3OC(c4cc(OC)c(OC)c(OC)c4)=NN3C(C)=O)c3cccnc32)cc1. The number of nitrogens with zero attached hydrogens (tertiary/aromatic N) is 4. The lowest BCUT2D eigenvalue weighted by Crippen LogP contribution is -2.25. The van der Waals surface area contributed by atoms with Crippen molar-refractivity contribution in [3.05, 3.63) is 72.1 Å². The molecular weight excluding hydrogens is 540 g/mol. The van der Waals surface area contributed by atoms with E-state index in [0.717, 1.165) is 8.98 Å². The van der Waals surface area contributed by atoms with E-state index in [1.165, 1.54) is 59.9 Å². The first-order valence-electron chi connectivity index (χ1n) is 11.9. The lowest BCUT2D eigenvalue weighted by molar-refractivity contribution is -0.135. The van der Waals surface area contributed by atoms with Gasteiger partial charge < -0.3 is 23.7 Å². The fraction of sp³-hybridized carbons (Fsp3) is 0.222. The van der Waals surface area contributed by atoms with E-state index in [9.17, 15) is 13.2 Å². The molecule has 1 amide bonds. The van der Waals surface area contributed by atoms with E-state index >= 15 is 0 Å². The second kappa shape index (κ2) is 10.4. The molecule has 2 aromatic carbocycles. The number of methoxy groups -OCH3 is 4. The predicted molar refractivity (Wildman–Crippen MR) is 144 cm³/mol. The smallest absolute Gasteiger partial charge is 0.269 e. The molecule has 1 unspecified atom stereocenters. The van der Waals surface area contributed by atoms with Crippen LogP contribution in [0.1, 0.15) is 24.3 Å². The van der Waals surface area contributed by atoms with Crippen molar-refractivity contribution < 1.29 is 36.9 Å². The Kier molecular flexibility index (Phi) is 6.98. The molecule has 1 aliphatic rings. The zero-order valence-electron chi connectivity index (χ0n) is 22.3. The van der Waals surface area contributed by atoms with Crippen molar-refractivity contribution in [3.63, 3.8) is 0 Å². The third-order valence-electron chi connectivity index (χ3n) is 6.32. The topological polar surface area (TPSA) is 131 Å². The van der Waals surface area contributed by atoms with E-state index in [1.807, 2.05) is 0 Å². The molecule has 0 saturated carbocycles. The summed E-state index contributed by atoms with van der Waals surface area (Å²) in [5.74, 6) is 1.31. The van der Waals surface area contributed by atoms with Gasteiger partial charge in [0.15, 0.2) is 17.1 Å². The number of carbonyl (C=O) groups excluding carboxylic acids is 1. The Morgan fingerprint density at radius 3 is 2.20 bits per heavy atom. The number of pyridine rings is 1. The Labute approximate surface area is 230 Å². The van der Waals surface area contributed by atoms with Gasteiger partial charge in [0.2, 0.25) is 23.8 Å². The molecule has 5 rings (SSSR count). The van der Waals surface area contributed by atoms with Crippen LogP contribution >= 0.6 is 0 Å². The number of rotatable bonds is 8. The number of ether oxygens (including phenoxy) is 5. The lowest BCUT2D eigenvalue weighted by atomic mass is 10.1. The summed E-state index contributed by atoms with van der Waals surface area (Å²) in [5, 5.41) is 6.02. The van der Waals surface area contributed by atoms with Crippen molar-refractivity contribution in [3.8, 4) is 23.0 Å². The Hall–Kier alpha value is -4.78. The van der Waals surface area contributed by atoms with Gasteiger partial charge in [0.05, 0.1) is 33.3 Å². The molecule has 0 bridgehead atoms. The Bertz CT molecular complexity index is 1710. The molecule has 2 aromatic heterocycles. The largest absolute Gasteiger partial charge is 0.497 e. The molecule has 0 spiro atoms. The monoisotopic (exact) mass is 566 g/mol. The summed E-state index contributed by atoms with van der Waals surface area (Å²) in [6, 6.07) is 12.7. The van der Waals surface area contributed by atoms with Gasteiger partial charge in [-0.05, 0) is 48.5 Å². The van der Waals surface area contributed by atoms with Crippen LogP contribution in [0.15, 0.2) is 70.9 Å². The molecular formula is C27H26N4O8S. The molecule has 0 fully saturated rings. The van der Waals surface area contributed by atoms with E-state index in [2.05, 4.69) is 10.1 Å². The van der Waals surface area contributed by atoms with Crippen LogP contribution in [-0.2, 0) is 19.6 Å². The summed E-state index contributed by atoms with van der Waals surface area (Å²) >= 11 is 0. The Morgan fingerprint density at radius 1 is 0.950 bits per heavy atom. The zero-order chi connectivity index (χ0) is 28.6. The number of amides is 1. The van der Waals surface area contributed by atoms with Crippen LogP contribution in [0.2, 0.25) is 0 Å². The first-order chi connectivity index (χ1) is 19.2. The maximum absolute atomic E-state index is 13.7. The summed E-state index contributed by atoms with van der Waals surface area (Å²) in [7, 11) is 1.87. The van der Waals surface area contributed by atoms with Crippen LogP contribution in [-0.4, -0.2) is 62.6 Å². The Balaban J connectivity index is 1.61. The van der Waals surface area contributed by atoms with E-state index in [0.29, 0.717) is 39.5 Å². The molecule has 0 radical (unpaired) electrons. The van der Waals surface area contributed by atoms with Crippen molar-refractivity contribution in [2.75, 3.05) is 28.4 Å². The Morgan fingerprint density at radius 2 is 1.62 bits per heavy atom. The van der Waals surface area contributed by atoms with Gasteiger partial charge in [0.25, 0.3) is 10.0 Å². The first kappa shape index (κ1) is 26.8. The number of hydrogen-bond acceptors (Lipinski definition) is 10. The van der Waals surface area contributed by atoms with Crippen LogP contribution in [0, 0.1) is 0 Å². The summed E-state index contributed by atoms with van der Waals surface area (Å²) in [4.78, 5) is 17.1. The molecule has 0 N–H and O–H groups in total. The van der Waals surface area contributed by atoms with Crippen LogP contribution in [0.5, 0.6) is 23.0 Å². The van der Waals surface area contributed by atoms with Gasteiger partial charge in [-0.3, -0.25) is 4.79 Å². The molecule has 3 heterocycles. The van der Waals surface area contributed by atoms with Gasteiger partial charge in [-0.25, -0.2) is 17.4 Å². The highest BCUT2D eigenvalue weighted by Gasteiger charge is 2.37. The first-order valence-corrected chi connectivity index (χ1v) is 13.4. The molecule has 1 aliphatic heterocycles. The van der Waals surface area contributed by atoms with E-state index in [-0.39, 0.29) is 16.4 Å². The number of aromatic nitrogens is 2. The van der Waals surface area contributed by atoms with Crippen molar-refractivity contribution >= 4 is 32.9 Å². The lowest BCUT2D eigenvalue weighted by Gasteiger charge is -2.18. The average Bonchev–Trinajstić information content (AvgIpc) is 3.59. The maximum Gasteiger partial charge on any atom is 0.269 e. The zero-order valence-corrected chi connectivity index (χ0v) is 23.1. The highest BCUT2D eigenvalue weighted by molar-refractivity contribution is 7.90. The third kappa shape index (κ3) is 4.43. The summed E-state index contributed by atoms with van der Waals surface area (Å²) in [6.45, 7) is 1.34. The number of fused-ring (bicyclic) bond motifs is 1. The van der Waals surface area contributed by atoms with Gasteiger partial charge >= 0.3 is 0 Å². The normalized spacial score (nSPS) is 15.0. The minimum atomic E-state index is -4.07. The van der Waals surface area contributed by atoms with Gasteiger partial charge in [-0.2, -0.15) is 5.01 Å². The van der Waals surface area contributed by atoms with Gasteiger partial charge in [0.1, 0.15) is 5.75 Å². The fourth-order valence-corrected chi connectivity index (χ4v) is 5.72. The van der Waals surface area contributed by atoms with Crippen molar-refractivity contribution in [2.45, 2.75) is 18.0 Å². The van der Waals surface area contributed by atoms with E-state index in [4.69, 9.17) is 23.7 Å². The van der Waals surface area contributed by atoms with E-state index < -0.39 is 22.2 Å². The fourth-order valence-electron chi connectivity index (χ4n) is 4.39. The van der Waals surface area contributed by atoms with Crippen LogP contribution in [0.25, 0.3) is 11.0 Å². The van der Waals surface area contributed by atoms with Crippen LogP contribution < -0.4 is 18.9 Å².